The van der Waals surface area contributed by atoms with Gasteiger partial charge in [-0.25, -0.2) is 4.79 Å². The van der Waals surface area contributed by atoms with Crippen LogP contribution in [-0.4, -0.2) is 43.8 Å². The predicted octanol–water partition coefficient (Wildman–Crippen LogP) is 2.56. The third kappa shape index (κ3) is 4.43. The molecular weight excluding hydrogens is 386 g/mol. The molecule has 10 heteroatoms. The van der Waals surface area contributed by atoms with Crippen LogP contribution in [0.5, 0.6) is 0 Å². The molecule has 1 aromatic carbocycles. The maximum Gasteiger partial charge on any atom is 0.404 e. The van der Waals surface area contributed by atoms with Crippen molar-refractivity contribution in [2.45, 2.75) is 37.8 Å². The Balaban J connectivity index is 1.45. The number of amides is 2. The van der Waals surface area contributed by atoms with E-state index in [1.807, 2.05) is 18.2 Å². The average molecular weight is 409 g/mol. The van der Waals surface area contributed by atoms with Crippen molar-refractivity contribution in [3.8, 4) is 0 Å². The van der Waals surface area contributed by atoms with Crippen LogP contribution in [0.3, 0.4) is 0 Å². The Kier molecular flexibility index (Phi) is 5.38. The highest BCUT2D eigenvalue weighted by atomic mass is 16.4. The van der Waals surface area contributed by atoms with Gasteiger partial charge in [0.2, 0.25) is 11.9 Å². The lowest BCUT2D eigenvalue weighted by atomic mass is 9.91. The highest BCUT2D eigenvalue weighted by Gasteiger charge is 2.23. The van der Waals surface area contributed by atoms with E-state index in [0.717, 1.165) is 37.2 Å². The minimum atomic E-state index is -0.969. The second kappa shape index (κ2) is 8.27. The van der Waals surface area contributed by atoms with Crippen LogP contribution in [0.15, 0.2) is 42.5 Å². The molecule has 0 bridgehead atoms. The number of nitrogens with two attached hydrogens (primary N) is 1. The Morgan fingerprint density at radius 2 is 1.73 bits per heavy atom. The van der Waals surface area contributed by atoms with E-state index < -0.39 is 12.0 Å². The van der Waals surface area contributed by atoms with Crippen LogP contribution in [-0.2, 0) is 0 Å². The van der Waals surface area contributed by atoms with Gasteiger partial charge >= 0.3 is 6.09 Å². The highest BCUT2D eigenvalue weighted by molar-refractivity contribution is 5.93. The smallest absolute Gasteiger partial charge is 0.404 e. The Morgan fingerprint density at radius 3 is 2.40 bits per heavy atom. The Morgan fingerprint density at radius 1 is 1.03 bits per heavy atom. The van der Waals surface area contributed by atoms with Crippen molar-refractivity contribution in [3.63, 3.8) is 0 Å². The molecule has 1 aliphatic rings. The summed E-state index contributed by atoms with van der Waals surface area (Å²) in [5.41, 5.74) is 7.14. The summed E-state index contributed by atoms with van der Waals surface area (Å²) in [6.07, 6.45) is 2.36. The molecule has 0 saturated heterocycles. The molecule has 0 spiro atoms. The maximum absolute atomic E-state index is 11.2. The summed E-state index contributed by atoms with van der Waals surface area (Å²) >= 11 is 0. The van der Waals surface area contributed by atoms with E-state index >= 15 is 0 Å². The van der Waals surface area contributed by atoms with Gasteiger partial charge in [-0.05, 0) is 62.1 Å². The number of fused-ring (bicyclic) bond motifs is 1. The van der Waals surface area contributed by atoms with Crippen LogP contribution in [0.1, 0.15) is 36.0 Å². The summed E-state index contributed by atoms with van der Waals surface area (Å²) in [5, 5.41) is 22.6. The van der Waals surface area contributed by atoms with Crippen molar-refractivity contribution in [1.82, 2.24) is 19.9 Å². The van der Waals surface area contributed by atoms with Crippen LogP contribution >= 0.6 is 0 Å². The number of nitrogens with one attached hydrogen (secondary N) is 3. The minimum Gasteiger partial charge on any atom is -0.465 e. The minimum absolute atomic E-state index is 0.0134. The van der Waals surface area contributed by atoms with E-state index in [-0.39, 0.29) is 12.1 Å². The van der Waals surface area contributed by atoms with Crippen molar-refractivity contribution >= 4 is 35.1 Å². The zero-order valence-electron chi connectivity index (χ0n) is 16.2. The van der Waals surface area contributed by atoms with Gasteiger partial charge in [0, 0.05) is 23.3 Å². The monoisotopic (exact) mass is 409 g/mol. The molecule has 4 rings (SSSR count). The van der Waals surface area contributed by atoms with Crippen LogP contribution < -0.4 is 21.7 Å². The second-order valence-corrected chi connectivity index (χ2v) is 7.33. The molecule has 30 heavy (non-hydrogen) atoms. The Bertz CT molecular complexity index is 1060. The molecule has 1 aliphatic carbocycles. The second-order valence-electron chi connectivity index (χ2n) is 7.33. The van der Waals surface area contributed by atoms with E-state index in [4.69, 9.17) is 10.8 Å². The molecule has 2 amide bonds. The lowest BCUT2D eigenvalue weighted by Gasteiger charge is -2.29. The molecule has 0 atom stereocenters. The molecule has 0 unspecified atom stereocenters. The molecular formula is C20H23N7O3. The molecule has 2 aromatic heterocycles. The fourth-order valence-corrected chi connectivity index (χ4v) is 3.68. The Labute approximate surface area is 172 Å². The van der Waals surface area contributed by atoms with Crippen molar-refractivity contribution in [3.05, 3.63) is 48.0 Å². The molecule has 0 radical (unpaired) electrons. The third-order valence-corrected chi connectivity index (χ3v) is 5.19. The van der Waals surface area contributed by atoms with Crippen molar-refractivity contribution in [2.75, 3.05) is 10.6 Å². The first-order chi connectivity index (χ1) is 14.5. The van der Waals surface area contributed by atoms with E-state index in [0.29, 0.717) is 17.2 Å². The molecule has 0 aliphatic heterocycles. The van der Waals surface area contributed by atoms with Crippen molar-refractivity contribution in [1.29, 1.82) is 0 Å². The number of nitrogens with zero attached hydrogens (tertiary/aromatic N) is 3. The van der Waals surface area contributed by atoms with E-state index in [1.54, 1.807) is 28.8 Å². The quantitative estimate of drug-likeness (QED) is 0.420. The maximum atomic E-state index is 11.2. The standard InChI is InChI=1S/C20H23N7O3/c21-18(28)12-4-6-14(7-5-12)23-19-25-17-3-1-2-16(27(17)26-19)22-13-8-10-15(11-9-13)24-20(29)30/h1-7,13,15,22,24H,8-11H2,(H2,21,28)(H,23,26)(H,29,30)/t13-,15+. The first kappa shape index (κ1) is 19.5. The van der Waals surface area contributed by atoms with Crippen molar-refractivity contribution in [2.24, 2.45) is 5.73 Å². The lowest BCUT2D eigenvalue weighted by Crippen LogP contribution is -2.39. The number of aromatic nitrogens is 3. The van der Waals surface area contributed by atoms with Crippen molar-refractivity contribution < 1.29 is 14.7 Å². The lowest BCUT2D eigenvalue weighted by molar-refractivity contribution is 0.1000. The van der Waals surface area contributed by atoms with Crippen LogP contribution in [0.25, 0.3) is 5.65 Å². The molecule has 156 valence electrons. The van der Waals surface area contributed by atoms with Crippen LogP contribution in [0.2, 0.25) is 0 Å². The van der Waals surface area contributed by atoms with Gasteiger partial charge in [0.1, 0.15) is 5.82 Å². The summed E-state index contributed by atoms with van der Waals surface area (Å²) in [5.74, 6) is 0.785. The fourth-order valence-electron chi connectivity index (χ4n) is 3.68. The van der Waals surface area contributed by atoms with Gasteiger partial charge in [0.05, 0.1) is 0 Å². The number of rotatable bonds is 6. The van der Waals surface area contributed by atoms with Gasteiger partial charge in [-0.1, -0.05) is 6.07 Å². The average Bonchev–Trinajstić information content (AvgIpc) is 3.13. The van der Waals surface area contributed by atoms with Crippen LogP contribution in [0.4, 0.5) is 22.2 Å². The summed E-state index contributed by atoms with van der Waals surface area (Å²) < 4.78 is 1.74. The van der Waals surface area contributed by atoms with Gasteiger partial charge in [-0.15, -0.1) is 5.10 Å². The number of pyridine rings is 1. The fraction of sp³-hybridized carbons (Fsp3) is 0.300. The summed E-state index contributed by atoms with van der Waals surface area (Å²) in [6, 6.07) is 12.7. The number of anilines is 3. The molecule has 1 saturated carbocycles. The molecule has 3 aromatic rings. The van der Waals surface area contributed by atoms with E-state index in [2.05, 4.69) is 26.0 Å². The molecule has 10 nitrogen and oxygen atoms in total. The van der Waals surface area contributed by atoms with Gasteiger partial charge in [-0.3, -0.25) is 4.79 Å². The number of hydrogen-bond acceptors (Lipinski definition) is 6. The van der Waals surface area contributed by atoms with Crippen LogP contribution in [0, 0.1) is 0 Å². The molecule has 2 heterocycles. The SMILES string of the molecule is NC(=O)c1ccc(Nc2nc3cccc(N[C@H]4CC[C@@H](NC(=O)O)CC4)n3n2)cc1. The summed E-state index contributed by atoms with van der Waals surface area (Å²) in [7, 11) is 0. The van der Waals surface area contributed by atoms with E-state index in [1.165, 1.54) is 0 Å². The molecule has 6 N–H and O–H groups in total. The number of carbonyl (C=O) groups is 2. The zero-order valence-corrected chi connectivity index (χ0v) is 16.2. The van der Waals surface area contributed by atoms with E-state index in [9.17, 15) is 9.59 Å². The normalized spacial score (nSPS) is 18.7. The number of carbonyl (C=O) groups excluding carboxylic acids is 1. The third-order valence-electron chi connectivity index (χ3n) is 5.19. The summed E-state index contributed by atoms with van der Waals surface area (Å²) in [6.45, 7) is 0. The predicted molar refractivity (Wildman–Crippen MR) is 112 cm³/mol. The van der Waals surface area contributed by atoms with Gasteiger partial charge in [0.25, 0.3) is 0 Å². The topological polar surface area (TPSA) is 147 Å². The number of carboxylic acid groups (broad SMARTS) is 1. The van der Waals surface area contributed by atoms with Gasteiger partial charge < -0.3 is 26.8 Å². The highest BCUT2D eigenvalue weighted by Crippen LogP contribution is 2.23. The number of benzene rings is 1. The van der Waals surface area contributed by atoms with Gasteiger partial charge in [0.15, 0.2) is 5.65 Å². The zero-order chi connectivity index (χ0) is 21.1. The largest absolute Gasteiger partial charge is 0.465 e. The summed E-state index contributed by atoms with van der Waals surface area (Å²) in [4.78, 5) is 26.5. The first-order valence-electron chi connectivity index (χ1n) is 9.76. The Hall–Kier alpha value is -3.82. The van der Waals surface area contributed by atoms with Gasteiger partial charge in [-0.2, -0.15) is 9.50 Å². The number of primary amides is 1. The first-order valence-corrected chi connectivity index (χ1v) is 9.76. The number of hydrogen-bond donors (Lipinski definition) is 5. The molecule has 1 fully saturated rings.